The van der Waals surface area contributed by atoms with Crippen LogP contribution in [0.2, 0.25) is 0 Å². The van der Waals surface area contributed by atoms with Crippen LogP contribution in [0.5, 0.6) is 0 Å². The van der Waals surface area contributed by atoms with Gasteiger partial charge in [-0.3, -0.25) is 9.59 Å². The smallest absolute Gasteiger partial charge is 0.326 e. The van der Waals surface area contributed by atoms with Crippen LogP contribution in [0.4, 0.5) is 0 Å². The van der Waals surface area contributed by atoms with Crippen molar-refractivity contribution in [3.63, 3.8) is 0 Å². The maximum atomic E-state index is 11.3. The van der Waals surface area contributed by atoms with E-state index in [1.165, 1.54) is 0 Å². The Hall–Kier alpha value is -1.64. The second-order valence-electron chi connectivity index (χ2n) is 3.77. The molecule has 0 aromatic rings. The number of sulfone groups is 1. The molecule has 0 aliphatic rings. The van der Waals surface area contributed by atoms with Gasteiger partial charge in [0.1, 0.15) is 15.9 Å². The van der Waals surface area contributed by atoms with E-state index in [4.69, 9.17) is 10.2 Å². The van der Waals surface area contributed by atoms with Gasteiger partial charge in [-0.05, 0) is 6.42 Å². The fraction of sp³-hybridized carbons (Fsp3) is 0.667. The number of carboxylic acids is 2. The minimum absolute atomic E-state index is 0.255. The van der Waals surface area contributed by atoms with E-state index >= 15 is 0 Å². The monoisotopic (exact) mass is 281 g/mol. The first-order chi connectivity index (χ1) is 8.11. The summed E-state index contributed by atoms with van der Waals surface area (Å²) in [6.45, 7) is 0. The van der Waals surface area contributed by atoms with Crippen LogP contribution < -0.4 is 5.32 Å². The van der Waals surface area contributed by atoms with Crippen LogP contribution in [-0.2, 0) is 24.2 Å². The molecule has 0 radical (unpaired) electrons. The van der Waals surface area contributed by atoms with E-state index in [1.807, 2.05) is 0 Å². The number of carbonyl (C=O) groups excluding carboxylic acids is 1. The summed E-state index contributed by atoms with van der Waals surface area (Å²) in [5, 5.41) is 19.2. The number of hydrogen-bond donors (Lipinski definition) is 3. The van der Waals surface area contributed by atoms with Gasteiger partial charge in [0, 0.05) is 19.1 Å². The SMILES string of the molecule is CS(=O)(=O)CCC(=O)NC(CCC(=O)O)C(=O)O. The summed E-state index contributed by atoms with van der Waals surface area (Å²) >= 11 is 0. The van der Waals surface area contributed by atoms with Crippen molar-refractivity contribution in [3.8, 4) is 0 Å². The molecule has 0 heterocycles. The Bertz CT molecular complexity index is 428. The molecule has 0 bridgehead atoms. The summed E-state index contributed by atoms with van der Waals surface area (Å²) in [7, 11) is -3.30. The van der Waals surface area contributed by atoms with Crippen molar-refractivity contribution >= 4 is 27.7 Å². The quantitative estimate of drug-likeness (QED) is 0.511. The van der Waals surface area contributed by atoms with Gasteiger partial charge in [-0.25, -0.2) is 13.2 Å². The molecule has 104 valence electrons. The lowest BCUT2D eigenvalue weighted by atomic mass is 10.1. The van der Waals surface area contributed by atoms with Gasteiger partial charge in [-0.2, -0.15) is 0 Å². The molecule has 0 aliphatic carbocycles. The number of aliphatic carboxylic acids is 2. The molecule has 0 aromatic heterocycles. The van der Waals surface area contributed by atoms with Crippen molar-refractivity contribution in [2.24, 2.45) is 0 Å². The third kappa shape index (κ3) is 8.50. The highest BCUT2D eigenvalue weighted by atomic mass is 32.2. The highest BCUT2D eigenvalue weighted by Gasteiger charge is 2.21. The van der Waals surface area contributed by atoms with Crippen molar-refractivity contribution in [2.45, 2.75) is 25.3 Å². The van der Waals surface area contributed by atoms with E-state index in [2.05, 4.69) is 5.32 Å². The first-order valence-corrected chi connectivity index (χ1v) is 7.09. The fourth-order valence-electron chi connectivity index (χ4n) is 1.07. The summed E-state index contributed by atoms with van der Waals surface area (Å²) in [6.07, 6.45) is -0.0479. The van der Waals surface area contributed by atoms with Gasteiger partial charge in [0.05, 0.1) is 5.75 Å². The van der Waals surface area contributed by atoms with Gasteiger partial charge >= 0.3 is 11.9 Å². The maximum absolute atomic E-state index is 11.3. The average molecular weight is 281 g/mol. The van der Waals surface area contributed by atoms with Crippen LogP contribution in [0.1, 0.15) is 19.3 Å². The van der Waals surface area contributed by atoms with Crippen molar-refractivity contribution in [1.29, 1.82) is 0 Å². The number of hydrogen-bond acceptors (Lipinski definition) is 5. The molecule has 1 atom stereocenters. The predicted molar refractivity (Wildman–Crippen MR) is 60.8 cm³/mol. The molecule has 0 aromatic carbocycles. The Morgan fingerprint density at radius 2 is 1.72 bits per heavy atom. The van der Waals surface area contributed by atoms with E-state index in [0.29, 0.717) is 0 Å². The van der Waals surface area contributed by atoms with Crippen LogP contribution in [-0.4, -0.2) is 54.5 Å². The van der Waals surface area contributed by atoms with Gasteiger partial charge in [0.25, 0.3) is 0 Å². The number of carbonyl (C=O) groups is 3. The lowest BCUT2D eigenvalue weighted by molar-refractivity contribution is -0.143. The highest BCUT2D eigenvalue weighted by Crippen LogP contribution is 1.99. The lowest BCUT2D eigenvalue weighted by Gasteiger charge is -2.13. The Kier molecular flexibility index (Phi) is 6.31. The zero-order chi connectivity index (χ0) is 14.3. The molecule has 9 heteroatoms. The highest BCUT2D eigenvalue weighted by molar-refractivity contribution is 7.90. The predicted octanol–water partition coefficient (Wildman–Crippen LogP) is -1.14. The van der Waals surface area contributed by atoms with Gasteiger partial charge in [0.15, 0.2) is 0 Å². The molecule has 8 nitrogen and oxygen atoms in total. The average Bonchev–Trinajstić information content (AvgIpc) is 2.19. The summed E-state index contributed by atoms with van der Waals surface area (Å²) in [4.78, 5) is 32.3. The van der Waals surface area contributed by atoms with Crippen molar-refractivity contribution < 1.29 is 33.0 Å². The van der Waals surface area contributed by atoms with E-state index < -0.39 is 40.1 Å². The van der Waals surface area contributed by atoms with Crippen LogP contribution in [0, 0.1) is 0 Å². The molecular formula is C9H15NO7S. The Morgan fingerprint density at radius 1 is 1.17 bits per heavy atom. The second-order valence-corrected chi connectivity index (χ2v) is 6.03. The van der Waals surface area contributed by atoms with Crippen molar-refractivity contribution in [1.82, 2.24) is 5.32 Å². The minimum atomic E-state index is -3.30. The first kappa shape index (κ1) is 16.4. The topological polar surface area (TPSA) is 138 Å². The standard InChI is InChI=1S/C9H15NO7S/c1-18(16,17)5-4-7(11)10-6(9(14)15)2-3-8(12)13/h6H,2-5H2,1H3,(H,10,11)(H,12,13)(H,14,15). The molecule has 18 heavy (non-hydrogen) atoms. The normalized spacial score (nSPS) is 12.7. The molecule has 1 amide bonds. The molecule has 3 N–H and O–H groups in total. The van der Waals surface area contributed by atoms with Crippen LogP contribution >= 0.6 is 0 Å². The summed E-state index contributed by atoms with van der Waals surface area (Å²) < 4.78 is 21.6. The zero-order valence-corrected chi connectivity index (χ0v) is 10.6. The molecule has 1 unspecified atom stereocenters. The molecule has 0 aliphatic heterocycles. The largest absolute Gasteiger partial charge is 0.481 e. The lowest BCUT2D eigenvalue weighted by Crippen LogP contribution is -2.41. The number of amides is 1. The molecule has 0 spiro atoms. The summed E-state index contributed by atoms with van der Waals surface area (Å²) in [6, 6.07) is -1.33. The fourth-order valence-corrected chi connectivity index (χ4v) is 1.63. The number of rotatable bonds is 8. The molecular weight excluding hydrogens is 266 g/mol. The molecule has 0 saturated carbocycles. The number of nitrogens with one attached hydrogen (secondary N) is 1. The van der Waals surface area contributed by atoms with Crippen molar-refractivity contribution in [2.75, 3.05) is 12.0 Å². The van der Waals surface area contributed by atoms with Gasteiger partial charge < -0.3 is 15.5 Å². The zero-order valence-electron chi connectivity index (χ0n) is 9.75. The van der Waals surface area contributed by atoms with Crippen LogP contribution in [0.15, 0.2) is 0 Å². The third-order valence-electron chi connectivity index (χ3n) is 1.98. The molecule has 0 saturated heterocycles. The van der Waals surface area contributed by atoms with E-state index in [9.17, 15) is 22.8 Å². The Labute approximate surface area is 104 Å². The summed E-state index contributed by atoms with van der Waals surface area (Å²) in [5.41, 5.74) is 0. The van der Waals surface area contributed by atoms with Crippen LogP contribution in [0.3, 0.4) is 0 Å². The van der Waals surface area contributed by atoms with E-state index in [1.54, 1.807) is 0 Å². The number of carboxylic acid groups (broad SMARTS) is 2. The molecule has 0 rings (SSSR count). The van der Waals surface area contributed by atoms with Crippen LogP contribution in [0.25, 0.3) is 0 Å². The Balaban J connectivity index is 4.28. The second kappa shape index (κ2) is 6.94. The van der Waals surface area contributed by atoms with Gasteiger partial charge in [-0.1, -0.05) is 0 Å². The first-order valence-electron chi connectivity index (χ1n) is 5.03. The van der Waals surface area contributed by atoms with Gasteiger partial charge in [0.2, 0.25) is 5.91 Å². The minimum Gasteiger partial charge on any atom is -0.481 e. The van der Waals surface area contributed by atoms with E-state index in [-0.39, 0.29) is 18.6 Å². The van der Waals surface area contributed by atoms with E-state index in [0.717, 1.165) is 6.26 Å². The van der Waals surface area contributed by atoms with Crippen molar-refractivity contribution in [3.05, 3.63) is 0 Å². The van der Waals surface area contributed by atoms with Gasteiger partial charge in [-0.15, -0.1) is 0 Å². The summed E-state index contributed by atoms with van der Waals surface area (Å²) in [5.74, 6) is -3.65. The third-order valence-corrected chi connectivity index (χ3v) is 2.93. The molecule has 0 fully saturated rings. The maximum Gasteiger partial charge on any atom is 0.326 e. The Morgan fingerprint density at radius 3 is 2.11 bits per heavy atom.